The van der Waals surface area contributed by atoms with Crippen molar-refractivity contribution in [3.05, 3.63) is 24.0 Å². The highest BCUT2D eigenvalue weighted by molar-refractivity contribution is 5.36. The SMILES string of the molecule is C=C(O)/C(C#N)=C/C(C)[C@@H](C)CC(C)C. The maximum atomic E-state index is 9.14. The Kier molecular flexibility index (Phi) is 5.77. The van der Waals surface area contributed by atoms with E-state index in [4.69, 9.17) is 10.4 Å². The number of nitriles is 1. The van der Waals surface area contributed by atoms with Crippen LogP contribution in [0.15, 0.2) is 24.0 Å². The zero-order valence-electron chi connectivity index (χ0n) is 10.1. The van der Waals surface area contributed by atoms with Gasteiger partial charge in [-0.05, 0) is 24.2 Å². The van der Waals surface area contributed by atoms with Gasteiger partial charge in [0.25, 0.3) is 0 Å². The van der Waals surface area contributed by atoms with Gasteiger partial charge >= 0.3 is 0 Å². The average molecular weight is 207 g/mol. The van der Waals surface area contributed by atoms with Gasteiger partial charge < -0.3 is 5.11 Å². The fourth-order valence-electron chi connectivity index (χ4n) is 1.58. The quantitative estimate of drug-likeness (QED) is 0.423. The minimum Gasteiger partial charge on any atom is -0.507 e. The van der Waals surface area contributed by atoms with Crippen LogP contribution in [-0.2, 0) is 0 Å². The largest absolute Gasteiger partial charge is 0.507 e. The average Bonchev–Trinajstić information content (AvgIpc) is 2.11. The summed E-state index contributed by atoms with van der Waals surface area (Å²) in [6, 6.07) is 1.95. The van der Waals surface area contributed by atoms with E-state index in [1.165, 1.54) is 0 Å². The lowest BCUT2D eigenvalue weighted by molar-refractivity contribution is 0.367. The summed E-state index contributed by atoms with van der Waals surface area (Å²) in [4.78, 5) is 0. The standard InChI is InChI=1S/C13H21NO/c1-9(2)6-10(3)11(4)7-13(8-14)12(5)15/h7,9-11,15H,5-6H2,1-4H3/b13-7+/t10-,11?/m0/s1. The molecule has 2 heteroatoms. The Morgan fingerprint density at radius 3 is 2.27 bits per heavy atom. The summed E-state index contributed by atoms with van der Waals surface area (Å²) >= 11 is 0. The zero-order chi connectivity index (χ0) is 12.0. The van der Waals surface area contributed by atoms with Gasteiger partial charge in [0, 0.05) is 0 Å². The number of aliphatic hydroxyl groups is 1. The molecule has 84 valence electrons. The van der Waals surface area contributed by atoms with Crippen molar-refractivity contribution in [3.63, 3.8) is 0 Å². The maximum absolute atomic E-state index is 9.14. The molecule has 0 radical (unpaired) electrons. The Balaban J connectivity index is 4.52. The highest BCUT2D eigenvalue weighted by Crippen LogP contribution is 2.22. The topological polar surface area (TPSA) is 44.0 Å². The third kappa shape index (κ3) is 5.27. The van der Waals surface area contributed by atoms with Crippen molar-refractivity contribution < 1.29 is 5.11 Å². The molecule has 0 amide bonds. The first kappa shape index (κ1) is 13.8. The molecule has 0 aromatic rings. The molecule has 0 aromatic heterocycles. The van der Waals surface area contributed by atoms with Crippen LogP contribution in [0.25, 0.3) is 0 Å². The number of allylic oxidation sites excluding steroid dienone is 2. The second kappa shape index (κ2) is 6.29. The van der Waals surface area contributed by atoms with E-state index in [-0.39, 0.29) is 17.3 Å². The molecule has 1 unspecified atom stereocenters. The van der Waals surface area contributed by atoms with Crippen molar-refractivity contribution in [1.82, 2.24) is 0 Å². The van der Waals surface area contributed by atoms with Crippen molar-refractivity contribution in [2.24, 2.45) is 17.8 Å². The monoisotopic (exact) mass is 207 g/mol. The van der Waals surface area contributed by atoms with E-state index in [1.54, 1.807) is 6.08 Å². The van der Waals surface area contributed by atoms with Gasteiger partial charge in [-0.2, -0.15) is 5.26 Å². The van der Waals surface area contributed by atoms with Crippen LogP contribution in [0.3, 0.4) is 0 Å². The van der Waals surface area contributed by atoms with Crippen LogP contribution < -0.4 is 0 Å². The molecule has 0 heterocycles. The number of rotatable bonds is 5. The molecule has 0 saturated carbocycles. The molecule has 0 aliphatic carbocycles. The number of nitrogens with zero attached hydrogens (tertiary/aromatic N) is 1. The summed E-state index contributed by atoms with van der Waals surface area (Å²) in [6.45, 7) is 12.0. The fraction of sp³-hybridized carbons (Fsp3) is 0.615. The van der Waals surface area contributed by atoms with Crippen molar-refractivity contribution in [2.45, 2.75) is 34.1 Å². The van der Waals surface area contributed by atoms with Crippen LogP contribution in [0.5, 0.6) is 0 Å². The summed E-state index contributed by atoms with van der Waals surface area (Å²) in [6.07, 6.45) is 2.92. The first-order chi connectivity index (χ1) is 6.88. The number of hydrogen-bond acceptors (Lipinski definition) is 2. The lowest BCUT2D eigenvalue weighted by atomic mass is 9.87. The van der Waals surface area contributed by atoms with E-state index in [2.05, 4.69) is 34.3 Å². The van der Waals surface area contributed by atoms with Gasteiger partial charge in [-0.1, -0.05) is 40.3 Å². The predicted octanol–water partition coefficient (Wildman–Crippen LogP) is 3.83. The minimum atomic E-state index is -0.138. The Labute approximate surface area is 92.9 Å². The second-order valence-electron chi connectivity index (χ2n) is 4.60. The normalized spacial score (nSPS) is 15.9. The summed E-state index contributed by atoms with van der Waals surface area (Å²) in [5, 5.41) is 17.9. The number of hydrogen-bond donors (Lipinski definition) is 1. The molecule has 0 saturated heterocycles. The van der Waals surface area contributed by atoms with Crippen LogP contribution in [0, 0.1) is 29.1 Å². The highest BCUT2D eigenvalue weighted by Gasteiger charge is 2.13. The molecule has 0 fully saturated rings. The first-order valence-corrected chi connectivity index (χ1v) is 5.38. The van der Waals surface area contributed by atoms with Gasteiger partial charge in [0.05, 0.1) is 5.57 Å². The van der Waals surface area contributed by atoms with E-state index in [0.29, 0.717) is 11.8 Å². The molecule has 1 N–H and O–H groups in total. The molecule has 2 atom stereocenters. The summed E-state index contributed by atoms with van der Waals surface area (Å²) in [5.41, 5.74) is 0.290. The molecule has 0 spiro atoms. The maximum Gasteiger partial charge on any atom is 0.125 e. The molecule has 0 bridgehead atoms. The summed E-state index contributed by atoms with van der Waals surface area (Å²) < 4.78 is 0. The minimum absolute atomic E-state index is 0.138. The summed E-state index contributed by atoms with van der Waals surface area (Å²) in [7, 11) is 0. The van der Waals surface area contributed by atoms with E-state index >= 15 is 0 Å². The fourth-order valence-corrected chi connectivity index (χ4v) is 1.58. The second-order valence-corrected chi connectivity index (χ2v) is 4.60. The van der Waals surface area contributed by atoms with Gasteiger partial charge in [0.2, 0.25) is 0 Å². The summed E-state index contributed by atoms with van der Waals surface area (Å²) in [5.74, 6) is 1.30. The van der Waals surface area contributed by atoms with Gasteiger partial charge in [0.1, 0.15) is 11.8 Å². The van der Waals surface area contributed by atoms with Gasteiger partial charge in [-0.15, -0.1) is 0 Å². The smallest absolute Gasteiger partial charge is 0.125 e. The zero-order valence-corrected chi connectivity index (χ0v) is 10.1. The van der Waals surface area contributed by atoms with Gasteiger partial charge in [0.15, 0.2) is 0 Å². The molecular formula is C13H21NO. The van der Waals surface area contributed by atoms with E-state index in [1.807, 2.05) is 6.07 Å². The van der Waals surface area contributed by atoms with Crippen LogP contribution in [0.4, 0.5) is 0 Å². The first-order valence-electron chi connectivity index (χ1n) is 5.38. The van der Waals surface area contributed by atoms with Crippen molar-refractivity contribution in [3.8, 4) is 6.07 Å². The van der Waals surface area contributed by atoms with Crippen LogP contribution in [0.1, 0.15) is 34.1 Å². The predicted molar refractivity (Wildman–Crippen MR) is 63.2 cm³/mol. The molecule has 2 nitrogen and oxygen atoms in total. The molecule has 0 aromatic carbocycles. The van der Waals surface area contributed by atoms with Crippen LogP contribution >= 0.6 is 0 Å². The Bertz CT molecular complexity index is 283. The Hall–Kier alpha value is -1.23. The lowest BCUT2D eigenvalue weighted by Gasteiger charge is -2.18. The van der Waals surface area contributed by atoms with Gasteiger partial charge in [-0.25, -0.2) is 0 Å². The third-order valence-corrected chi connectivity index (χ3v) is 2.60. The van der Waals surface area contributed by atoms with E-state index in [0.717, 1.165) is 6.42 Å². The molecular weight excluding hydrogens is 186 g/mol. The van der Waals surface area contributed by atoms with Crippen molar-refractivity contribution in [2.75, 3.05) is 0 Å². The third-order valence-electron chi connectivity index (χ3n) is 2.60. The molecule has 15 heavy (non-hydrogen) atoms. The van der Waals surface area contributed by atoms with Crippen molar-refractivity contribution >= 4 is 0 Å². The van der Waals surface area contributed by atoms with Crippen LogP contribution in [-0.4, -0.2) is 5.11 Å². The van der Waals surface area contributed by atoms with Crippen molar-refractivity contribution in [1.29, 1.82) is 5.26 Å². The van der Waals surface area contributed by atoms with E-state index in [9.17, 15) is 0 Å². The highest BCUT2D eigenvalue weighted by atomic mass is 16.3. The van der Waals surface area contributed by atoms with Crippen LogP contribution in [0.2, 0.25) is 0 Å². The van der Waals surface area contributed by atoms with Gasteiger partial charge in [-0.3, -0.25) is 0 Å². The van der Waals surface area contributed by atoms with E-state index < -0.39 is 0 Å². The molecule has 0 aliphatic rings. The lowest BCUT2D eigenvalue weighted by Crippen LogP contribution is -2.09. The molecule has 0 aliphatic heterocycles. The Morgan fingerprint density at radius 2 is 1.93 bits per heavy atom. The number of aliphatic hydroxyl groups excluding tert-OH is 1. The Morgan fingerprint density at radius 1 is 1.40 bits per heavy atom. The molecule has 0 rings (SSSR count).